The molecule has 0 spiro atoms. The van der Waals surface area contributed by atoms with Gasteiger partial charge < -0.3 is 15.2 Å². The maximum atomic E-state index is 11.8. The molecule has 0 aliphatic heterocycles. The predicted molar refractivity (Wildman–Crippen MR) is 78.6 cm³/mol. The van der Waals surface area contributed by atoms with Crippen molar-refractivity contribution in [2.75, 3.05) is 7.11 Å². The first-order valence-corrected chi connectivity index (χ1v) is 6.88. The Labute approximate surface area is 126 Å². The number of carbonyl (C=O) groups excluding carboxylic acids is 1. The molecule has 0 aliphatic carbocycles. The Balaban J connectivity index is 2.66. The third-order valence-corrected chi connectivity index (χ3v) is 3.39. The van der Waals surface area contributed by atoms with E-state index in [0.717, 1.165) is 10.0 Å². The van der Waals surface area contributed by atoms with Crippen LogP contribution in [-0.2, 0) is 16.1 Å². The predicted octanol–water partition coefficient (Wildman–Crippen LogP) is 2.57. The van der Waals surface area contributed by atoms with Crippen molar-refractivity contribution in [2.45, 2.75) is 26.8 Å². The highest BCUT2D eigenvalue weighted by molar-refractivity contribution is 9.10. The van der Waals surface area contributed by atoms with Crippen molar-refractivity contribution >= 4 is 27.8 Å². The number of aliphatic carboxylic acids is 1. The van der Waals surface area contributed by atoms with Crippen molar-refractivity contribution in [2.24, 2.45) is 5.41 Å². The largest absolute Gasteiger partial charge is 0.496 e. The number of ether oxygens (including phenoxy) is 1. The smallest absolute Gasteiger partial charge is 0.309 e. The van der Waals surface area contributed by atoms with E-state index in [1.54, 1.807) is 13.2 Å². The summed E-state index contributed by atoms with van der Waals surface area (Å²) in [4.78, 5) is 22.8. The standard InChI is InChI=1S/C14H18BrNO4/c1-14(2,13(18)19)7-12(17)16-8-9-6-10(15)4-5-11(9)20-3/h4-6H,7-8H2,1-3H3,(H,16,17)(H,18,19). The zero-order valence-electron chi connectivity index (χ0n) is 11.7. The minimum absolute atomic E-state index is 0.0708. The average Bonchev–Trinajstić information content (AvgIpc) is 2.35. The molecule has 0 bridgehead atoms. The normalized spacial score (nSPS) is 11.0. The number of carboxylic acids is 1. The lowest BCUT2D eigenvalue weighted by Crippen LogP contribution is -2.33. The van der Waals surface area contributed by atoms with Crippen molar-refractivity contribution < 1.29 is 19.4 Å². The number of carbonyl (C=O) groups is 2. The van der Waals surface area contributed by atoms with Crippen molar-refractivity contribution in [1.29, 1.82) is 0 Å². The van der Waals surface area contributed by atoms with Crippen molar-refractivity contribution in [3.05, 3.63) is 28.2 Å². The summed E-state index contributed by atoms with van der Waals surface area (Å²) in [6.07, 6.45) is -0.0708. The van der Waals surface area contributed by atoms with Crippen LogP contribution in [0.2, 0.25) is 0 Å². The number of carboxylic acid groups (broad SMARTS) is 1. The van der Waals surface area contributed by atoms with Gasteiger partial charge in [0.05, 0.1) is 12.5 Å². The molecule has 0 aromatic heterocycles. The number of methoxy groups -OCH3 is 1. The lowest BCUT2D eigenvalue weighted by molar-refractivity contribution is -0.149. The summed E-state index contributed by atoms with van der Waals surface area (Å²) in [6.45, 7) is 3.33. The van der Waals surface area contributed by atoms with Crippen LogP contribution < -0.4 is 10.1 Å². The van der Waals surface area contributed by atoms with Crippen LogP contribution >= 0.6 is 15.9 Å². The molecule has 1 rings (SSSR count). The molecule has 110 valence electrons. The van der Waals surface area contributed by atoms with Crippen LogP contribution in [0.4, 0.5) is 0 Å². The van der Waals surface area contributed by atoms with Crippen LogP contribution in [-0.4, -0.2) is 24.1 Å². The molecule has 6 heteroatoms. The van der Waals surface area contributed by atoms with Crippen molar-refractivity contribution in [3.8, 4) is 5.75 Å². The SMILES string of the molecule is COc1ccc(Br)cc1CNC(=O)CC(C)(C)C(=O)O. The van der Waals surface area contributed by atoms with E-state index in [-0.39, 0.29) is 18.9 Å². The number of halogens is 1. The Bertz CT molecular complexity index is 514. The molecule has 2 N–H and O–H groups in total. The number of benzene rings is 1. The van der Waals surface area contributed by atoms with Gasteiger partial charge in [-0.05, 0) is 32.0 Å². The monoisotopic (exact) mass is 343 g/mol. The van der Waals surface area contributed by atoms with Gasteiger partial charge in [0.15, 0.2) is 0 Å². The Morgan fingerprint density at radius 1 is 1.40 bits per heavy atom. The molecule has 0 saturated carbocycles. The topological polar surface area (TPSA) is 75.6 Å². The summed E-state index contributed by atoms with van der Waals surface area (Å²) in [7, 11) is 1.56. The fourth-order valence-electron chi connectivity index (χ4n) is 1.62. The molecule has 0 aliphatic rings. The summed E-state index contributed by atoms with van der Waals surface area (Å²) >= 11 is 3.35. The molecule has 0 radical (unpaired) electrons. The highest BCUT2D eigenvalue weighted by atomic mass is 79.9. The fourth-order valence-corrected chi connectivity index (χ4v) is 2.03. The third kappa shape index (κ3) is 4.52. The molecule has 0 heterocycles. The van der Waals surface area contributed by atoms with Gasteiger partial charge in [0.25, 0.3) is 0 Å². The molecule has 5 nitrogen and oxygen atoms in total. The van der Waals surface area contributed by atoms with Crippen LogP contribution in [0.3, 0.4) is 0 Å². The molecule has 0 atom stereocenters. The minimum Gasteiger partial charge on any atom is -0.496 e. The molecule has 1 amide bonds. The molecule has 0 saturated heterocycles. The van der Waals surface area contributed by atoms with Gasteiger partial charge in [-0.2, -0.15) is 0 Å². The van der Waals surface area contributed by atoms with E-state index in [4.69, 9.17) is 9.84 Å². The minimum atomic E-state index is -1.08. The van der Waals surface area contributed by atoms with Crippen molar-refractivity contribution in [3.63, 3.8) is 0 Å². The van der Waals surface area contributed by atoms with Gasteiger partial charge in [-0.25, -0.2) is 0 Å². The number of rotatable bonds is 6. The first-order chi connectivity index (χ1) is 9.26. The Morgan fingerprint density at radius 3 is 2.60 bits per heavy atom. The van der Waals surface area contributed by atoms with Crippen molar-refractivity contribution in [1.82, 2.24) is 5.32 Å². The molecule has 0 fully saturated rings. The second kappa shape index (κ2) is 6.74. The zero-order chi connectivity index (χ0) is 15.3. The molecular weight excluding hydrogens is 326 g/mol. The van der Waals surface area contributed by atoms with E-state index >= 15 is 0 Å². The zero-order valence-corrected chi connectivity index (χ0v) is 13.3. The maximum absolute atomic E-state index is 11.8. The third-order valence-electron chi connectivity index (χ3n) is 2.90. The highest BCUT2D eigenvalue weighted by Gasteiger charge is 2.30. The summed E-state index contributed by atoms with van der Waals surface area (Å²) in [5, 5.41) is 11.7. The maximum Gasteiger partial charge on any atom is 0.309 e. The summed E-state index contributed by atoms with van der Waals surface area (Å²) in [5.41, 5.74) is -0.255. The molecular formula is C14H18BrNO4. The van der Waals surface area contributed by atoms with E-state index in [0.29, 0.717) is 5.75 Å². The van der Waals surface area contributed by atoms with Crippen LogP contribution in [0.25, 0.3) is 0 Å². The number of nitrogens with one attached hydrogen (secondary N) is 1. The fraction of sp³-hybridized carbons (Fsp3) is 0.429. The molecule has 20 heavy (non-hydrogen) atoms. The highest BCUT2D eigenvalue weighted by Crippen LogP contribution is 2.23. The summed E-state index contributed by atoms with van der Waals surface area (Å²) in [5.74, 6) is -0.627. The Morgan fingerprint density at radius 2 is 2.05 bits per heavy atom. The molecule has 0 unspecified atom stereocenters. The first-order valence-electron chi connectivity index (χ1n) is 6.09. The lowest BCUT2D eigenvalue weighted by atomic mass is 9.89. The van der Waals surface area contributed by atoms with Gasteiger partial charge in [0, 0.05) is 23.0 Å². The summed E-state index contributed by atoms with van der Waals surface area (Å²) < 4.78 is 6.09. The van der Waals surface area contributed by atoms with E-state index in [9.17, 15) is 9.59 Å². The van der Waals surface area contributed by atoms with Gasteiger partial charge in [-0.15, -0.1) is 0 Å². The van der Waals surface area contributed by atoms with Gasteiger partial charge >= 0.3 is 5.97 Å². The van der Waals surface area contributed by atoms with E-state index < -0.39 is 11.4 Å². The average molecular weight is 344 g/mol. The second-order valence-corrected chi connectivity index (χ2v) is 6.01. The van der Waals surface area contributed by atoms with Crippen LogP contribution in [0.15, 0.2) is 22.7 Å². The van der Waals surface area contributed by atoms with Gasteiger partial charge in [0.1, 0.15) is 5.75 Å². The Hall–Kier alpha value is -1.56. The van der Waals surface area contributed by atoms with Gasteiger partial charge in [-0.1, -0.05) is 15.9 Å². The van der Waals surface area contributed by atoms with Gasteiger partial charge in [0.2, 0.25) is 5.91 Å². The molecule has 1 aromatic carbocycles. The number of amides is 1. The van der Waals surface area contributed by atoms with Crippen LogP contribution in [0, 0.1) is 5.41 Å². The van der Waals surface area contributed by atoms with Gasteiger partial charge in [-0.3, -0.25) is 9.59 Å². The number of hydrogen-bond donors (Lipinski definition) is 2. The van der Waals surface area contributed by atoms with Crippen LogP contribution in [0.1, 0.15) is 25.8 Å². The Kier molecular flexibility index (Phi) is 5.56. The van der Waals surface area contributed by atoms with Crippen LogP contribution in [0.5, 0.6) is 5.75 Å². The first kappa shape index (κ1) is 16.5. The lowest BCUT2D eigenvalue weighted by Gasteiger charge is -2.18. The molecule has 1 aromatic rings. The second-order valence-electron chi connectivity index (χ2n) is 5.10. The quantitative estimate of drug-likeness (QED) is 0.832. The number of hydrogen-bond acceptors (Lipinski definition) is 3. The summed E-state index contributed by atoms with van der Waals surface area (Å²) in [6, 6.07) is 5.49. The van der Waals surface area contributed by atoms with E-state index in [2.05, 4.69) is 21.2 Å². The van der Waals surface area contributed by atoms with E-state index in [1.807, 2.05) is 12.1 Å². The van der Waals surface area contributed by atoms with E-state index in [1.165, 1.54) is 13.8 Å².